The predicted molar refractivity (Wildman–Crippen MR) is 61.5 cm³/mol. The van der Waals surface area contributed by atoms with Crippen molar-refractivity contribution in [1.82, 2.24) is 5.32 Å². The Balaban J connectivity index is 2.82. The Hall–Kier alpha value is -1.42. The van der Waals surface area contributed by atoms with Crippen molar-refractivity contribution in [3.8, 4) is 0 Å². The van der Waals surface area contributed by atoms with Crippen LogP contribution in [0.25, 0.3) is 0 Å². The lowest BCUT2D eigenvalue weighted by atomic mass is 9.95. The van der Waals surface area contributed by atoms with Gasteiger partial charge in [0.05, 0.1) is 5.92 Å². The Bertz CT molecular complexity index is 379. The summed E-state index contributed by atoms with van der Waals surface area (Å²) in [6, 6.07) is 4.57. The summed E-state index contributed by atoms with van der Waals surface area (Å²) in [4.78, 5) is 11.5. The summed E-state index contributed by atoms with van der Waals surface area (Å²) in [5.74, 6) is -0.592. The van der Waals surface area contributed by atoms with E-state index in [0.29, 0.717) is 6.42 Å². The smallest absolute Gasteiger partial charge is 0.224 e. The minimum absolute atomic E-state index is 0.0776. The second-order valence-corrected chi connectivity index (χ2v) is 3.82. The van der Waals surface area contributed by atoms with Gasteiger partial charge < -0.3 is 11.1 Å². The number of benzene rings is 1. The van der Waals surface area contributed by atoms with E-state index >= 15 is 0 Å². The van der Waals surface area contributed by atoms with Gasteiger partial charge in [-0.15, -0.1) is 0 Å². The Morgan fingerprint density at radius 1 is 1.56 bits per heavy atom. The molecule has 1 amide bonds. The van der Waals surface area contributed by atoms with E-state index in [2.05, 4.69) is 5.32 Å². The van der Waals surface area contributed by atoms with Gasteiger partial charge in [0.25, 0.3) is 0 Å². The molecule has 0 bridgehead atoms. The van der Waals surface area contributed by atoms with Crippen molar-refractivity contribution in [3.63, 3.8) is 0 Å². The van der Waals surface area contributed by atoms with Crippen LogP contribution in [0.3, 0.4) is 0 Å². The third-order valence-corrected chi connectivity index (χ3v) is 2.67. The minimum Gasteiger partial charge on any atom is -0.359 e. The number of amides is 1. The van der Waals surface area contributed by atoms with E-state index in [9.17, 15) is 9.18 Å². The van der Waals surface area contributed by atoms with E-state index in [1.807, 2.05) is 6.92 Å². The Morgan fingerprint density at radius 3 is 2.75 bits per heavy atom. The fraction of sp³-hybridized carbons (Fsp3) is 0.417. The Labute approximate surface area is 94.8 Å². The molecule has 16 heavy (non-hydrogen) atoms. The SMILES string of the molecule is CNC(=O)C(CN)Cc1ccc(F)cc1C. The number of nitrogens with two attached hydrogens (primary N) is 1. The molecule has 0 aromatic heterocycles. The van der Waals surface area contributed by atoms with E-state index in [4.69, 9.17) is 5.73 Å². The molecule has 4 heteroatoms. The molecule has 0 aliphatic heterocycles. The lowest BCUT2D eigenvalue weighted by Gasteiger charge is -2.14. The van der Waals surface area contributed by atoms with E-state index in [1.165, 1.54) is 12.1 Å². The summed E-state index contributed by atoms with van der Waals surface area (Å²) >= 11 is 0. The van der Waals surface area contributed by atoms with Gasteiger partial charge in [-0.05, 0) is 36.6 Å². The number of aryl methyl sites for hydroxylation is 1. The largest absolute Gasteiger partial charge is 0.359 e. The van der Waals surface area contributed by atoms with Gasteiger partial charge in [0, 0.05) is 13.6 Å². The molecule has 0 aliphatic rings. The predicted octanol–water partition coefficient (Wildman–Crippen LogP) is 0.998. The number of rotatable bonds is 4. The van der Waals surface area contributed by atoms with Gasteiger partial charge in [-0.25, -0.2) is 4.39 Å². The number of hydrogen-bond acceptors (Lipinski definition) is 2. The summed E-state index contributed by atoms with van der Waals surface area (Å²) in [7, 11) is 1.59. The highest BCUT2D eigenvalue weighted by molar-refractivity contribution is 5.78. The summed E-state index contributed by atoms with van der Waals surface area (Å²) in [5, 5.41) is 2.57. The van der Waals surface area contributed by atoms with Crippen molar-refractivity contribution in [1.29, 1.82) is 0 Å². The molecule has 0 heterocycles. The fourth-order valence-corrected chi connectivity index (χ4v) is 1.64. The average molecular weight is 224 g/mol. The van der Waals surface area contributed by atoms with Crippen molar-refractivity contribution in [2.24, 2.45) is 11.7 Å². The van der Waals surface area contributed by atoms with Crippen LogP contribution in [0.15, 0.2) is 18.2 Å². The number of halogens is 1. The lowest BCUT2D eigenvalue weighted by Crippen LogP contribution is -2.34. The van der Waals surface area contributed by atoms with Crippen molar-refractivity contribution < 1.29 is 9.18 Å². The third-order valence-electron chi connectivity index (χ3n) is 2.67. The molecule has 3 N–H and O–H groups in total. The van der Waals surface area contributed by atoms with Crippen LogP contribution < -0.4 is 11.1 Å². The summed E-state index contributed by atoms with van der Waals surface area (Å²) in [6.07, 6.45) is 0.544. The number of carbonyl (C=O) groups excluding carboxylic acids is 1. The molecule has 0 aliphatic carbocycles. The number of hydrogen-bond donors (Lipinski definition) is 2. The maximum atomic E-state index is 12.9. The van der Waals surface area contributed by atoms with E-state index < -0.39 is 0 Å². The molecule has 0 radical (unpaired) electrons. The van der Waals surface area contributed by atoms with Crippen LogP contribution in [0, 0.1) is 18.7 Å². The van der Waals surface area contributed by atoms with Gasteiger partial charge in [-0.1, -0.05) is 6.07 Å². The van der Waals surface area contributed by atoms with Crippen molar-refractivity contribution >= 4 is 5.91 Å². The molecular weight excluding hydrogens is 207 g/mol. The topological polar surface area (TPSA) is 55.1 Å². The molecule has 0 saturated heterocycles. The molecule has 0 saturated carbocycles. The van der Waals surface area contributed by atoms with Crippen molar-refractivity contribution in [2.75, 3.05) is 13.6 Å². The maximum Gasteiger partial charge on any atom is 0.224 e. The number of carbonyl (C=O) groups is 1. The maximum absolute atomic E-state index is 12.9. The van der Waals surface area contributed by atoms with E-state index in [-0.39, 0.29) is 24.2 Å². The monoisotopic (exact) mass is 224 g/mol. The average Bonchev–Trinajstić information content (AvgIpc) is 2.27. The summed E-state index contributed by atoms with van der Waals surface area (Å²) in [6.45, 7) is 2.12. The van der Waals surface area contributed by atoms with Crippen molar-refractivity contribution in [3.05, 3.63) is 35.1 Å². The van der Waals surface area contributed by atoms with Crippen LogP contribution in [-0.2, 0) is 11.2 Å². The highest BCUT2D eigenvalue weighted by Gasteiger charge is 2.16. The zero-order chi connectivity index (χ0) is 12.1. The molecule has 0 fully saturated rings. The minimum atomic E-state index is -0.259. The standard InChI is InChI=1S/C12H17FN2O/c1-8-5-11(13)4-3-9(8)6-10(7-14)12(16)15-2/h3-5,10H,6-7,14H2,1-2H3,(H,15,16). The van der Waals surface area contributed by atoms with E-state index in [0.717, 1.165) is 11.1 Å². The second-order valence-electron chi connectivity index (χ2n) is 3.82. The highest BCUT2D eigenvalue weighted by atomic mass is 19.1. The molecule has 1 rings (SSSR count). The van der Waals surface area contributed by atoms with Gasteiger partial charge in [0.1, 0.15) is 5.82 Å². The first-order valence-corrected chi connectivity index (χ1v) is 5.25. The first-order valence-electron chi connectivity index (χ1n) is 5.25. The third kappa shape index (κ3) is 3.03. The Kier molecular flexibility index (Phi) is 4.43. The van der Waals surface area contributed by atoms with Gasteiger partial charge >= 0.3 is 0 Å². The van der Waals surface area contributed by atoms with Crippen molar-refractivity contribution in [2.45, 2.75) is 13.3 Å². The zero-order valence-corrected chi connectivity index (χ0v) is 9.59. The van der Waals surface area contributed by atoms with Crippen LogP contribution in [-0.4, -0.2) is 19.5 Å². The quantitative estimate of drug-likeness (QED) is 0.801. The highest BCUT2D eigenvalue weighted by Crippen LogP contribution is 2.14. The molecule has 1 aromatic rings. The Morgan fingerprint density at radius 2 is 2.25 bits per heavy atom. The molecule has 3 nitrogen and oxygen atoms in total. The first kappa shape index (κ1) is 12.6. The molecule has 1 aromatic carbocycles. The van der Waals surface area contributed by atoms with Crippen LogP contribution in [0.2, 0.25) is 0 Å². The van der Waals surface area contributed by atoms with Gasteiger partial charge in [-0.2, -0.15) is 0 Å². The van der Waals surface area contributed by atoms with Crippen LogP contribution in [0.1, 0.15) is 11.1 Å². The molecular formula is C12H17FN2O. The lowest BCUT2D eigenvalue weighted by molar-refractivity contribution is -0.124. The second kappa shape index (κ2) is 5.61. The molecule has 1 atom stereocenters. The summed E-state index contributed by atoms with van der Waals surface area (Å²) < 4.78 is 12.9. The summed E-state index contributed by atoms with van der Waals surface area (Å²) in [5.41, 5.74) is 7.35. The van der Waals surface area contributed by atoms with Crippen LogP contribution in [0.5, 0.6) is 0 Å². The van der Waals surface area contributed by atoms with Gasteiger partial charge in [0.15, 0.2) is 0 Å². The van der Waals surface area contributed by atoms with E-state index in [1.54, 1.807) is 13.1 Å². The zero-order valence-electron chi connectivity index (χ0n) is 9.59. The van der Waals surface area contributed by atoms with Gasteiger partial charge in [-0.3, -0.25) is 4.79 Å². The fourth-order valence-electron chi connectivity index (χ4n) is 1.64. The van der Waals surface area contributed by atoms with Crippen LogP contribution in [0.4, 0.5) is 4.39 Å². The number of nitrogens with one attached hydrogen (secondary N) is 1. The van der Waals surface area contributed by atoms with Crippen LogP contribution >= 0.6 is 0 Å². The normalized spacial score (nSPS) is 12.2. The molecule has 1 unspecified atom stereocenters. The molecule has 88 valence electrons. The molecule has 0 spiro atoms. The first-order chi connectivity index (χ1) is 7.58. The van der Waals surface area contributed by atoms with Gasteiger partial charge in [0.2, 0.25) is 5.91 Å².